The van der Waals surface area contributed by atoms with Crippen molar-refractivity contribution >= 4 is 17.7 Å². The summed E-state index contributed by atoms with van der Waals surface area (Å²) in [6.45, 7) is 1.94. The van der Waals surface area contributed by atoms with Gasteiger partial charge in [-0.3, -0.25) is 4.79 Å². The first-order valence-electron chi connectivity index (χ1n) is 6.03. The minimum absolute atomic E-state index is 0.0654. The summed E-state index contributed by atoms with van der Waals surface area (Å²) < 4.78 is 0. The lowest BCUT2D eigenvalue weighted by atomic mass is 9.88. The van der Waals surface area contributed by atoms with Crippen LogP contribution in [0.4, 0.5) is 5.82 Å². The molecule has 1 aliphatic rings. The van der Waals surface area contributed by atoms with Crippen LogP contribution < -0.4 is 5.32 Å². The molecular weight excluding hydrogens is 232 g/mol. The lowest BCUT2D eigenvalue weighted by Crippen LogP contribution is -2.31. The topological polar surface area (TPSA) is 79.3 Å². The second kappa shape index (κ2) is 4.76. The highest BCUT2D eigenvalue weighted by Crippen LogP contribution is 2.38. The molecule has 1 fully saturated rings. The van der Waals surface area contributed by atoms with E-state index in [2.05, 4.69) is 10.3 Å². The number of anilines is 1. The maximum atomic E-state index is 12.1. The van der Waals surface area contributed by atoms with Gasteiger partial charge in [-0.2, -0.15) is 0 Å². The number of aromatic carboxylic acids is 1. The molecule has 0 saturated heterocycles. The standard InChI is InChI=1S/C13H16N2O3/c1-13(7-2-3-8-13)12(18)15-10-6-4-5-9(14-10)11(16)17/h4-6H,2-3,7-8H2,1H3,(H,16,17)(H,14,15,18). The average molecular weight is 248 g/mol. The van der Waals surface area contributed by atoms with Crippen LogP contribution in [0, 0.1) is 5.41 Å². The molecule has 0 atom stereocenters. The molecule has 2 N–H and O–H groups in total. The van der Waals surface area contributed by atoms with Gasteiger partial charge in [0.1, 0.15) is 5.82 Å². The summed E-state index contributed by atoms with van der Waals surface area (Å²) in [5.74, 6) is -0.874. The zero-order valence-corrected chi connectivity index (χ0v) is 10.3. The van der Waals surface area contributed by atoms with Gasteiger partial charge < -0.3 is 10.4 Å². The third-order valence-electron chi connectivity index (χ3n) is 3.47. The monoisotopic (exact) mass is 248 g/mol. The molecule has 1 heterocycles. The summed E-state index contributed by atoms with van der Waals surface area (Å²) in [6.07, 6.45) is 3.87. The Labute approximate surface area is 105 Å². The number of carbonyl (C=O) groups excluding carboxylic acids is 1. The van der Waals surface area contributed by atoms with E-state index in [0.717, 1.165) is 25.7 Å². The van der Waals surface area contributed by atoms with Crippen molar-refractivity contribution in [3.8, 4) is 0 Å². The fourth-order valence-electron chi connectivity index (χ4n) is 2.27. The van der Waals surface area contributed by atoms with Crippen LogP contribution in [-0.4, -0.2) is 22.0 Å². The number of nitrogens with one attached hydrogen (secondary N) is 1. The fraction of sp³-hybridized carbons (Fsp3) is 0.462. The Morgan fingerprint density at radius 2 is 2.00 bits per heavy atom. The van der Waals surface area contributed by atoms with E-state index in [1.165, 1.54) is 6.07 Å². The van der Waals surface area contributed by atoms with Crippen molar-refractivity contribution < 1.29 is 14.7 Å². The highest BCUT2D eigenvalue weighted by Gasteiger charge is 2.36. The zero-order valence-electron chi connectivity index (χ0n) is 10.3. The van der Waals surface area contributed by atoms with Crippen LogP contribution in [0.3, 0.4) is 0 Å². The Bertz CT molecular complexity index is 479. The van der Waals surface area contributed by atoms with Gasteiger partial charge in [0, 0.05) is 5.41 Å². The molecule has 0 spiro atoms. The molecule has 2 rings (SSSR count). The third-order valence-corrected chi connectivity index (χ3v) is 3.47. The van der Waals surface area contributed by atoms with Crippen LogP contribution in [0.5, 0.6) is 0 Å². The van der Waals surface area contributed by atoms with Crippen LogP contribution in [0.1, 0.15) is 43.1 Å². The Hall–Kier alpha value is -1.91. The molecule has 0 bridgehead atoms. The SMILES string of the molecule is CC1(C(=O)Nc2cccc(C(=O)O)n2)CCCC1. The first-order chi connectivity index (χ1) is 8.51. The first kappa shape index (κ1) is 12.5. The van der Waals surface area contributed by atoms with Gasteiger partial charge in [0.2, 0.25) is 5.91 Å². The maximum absolute atomic E-state index is 12.1. The number of carbonyl (C=O) groups is 2. The normalized spacial score (nSPS) is 17.4. The van der Waals surface area contributed by atoms with Crippen molar-refractivity contribution in [3.05, 3.63) is 23.9 Å². The predicted octanol–water partition coefficient (Wildman–Crippen LogP) is 2.30. The molecule has 1 aromatic heterocycles. The molecule has 1 aromatic rings. The number of aromatic nitrogens is 1. The third kappa shape index (κ3) is 2.50. The number of carboxylic acids is 1. The summed E-state index contributed by atoms with van der Waals surface area (Å²) >= 11 is 0. The number of nitrogens with zero attached hydrogens (tertiary/aromatic N) is 1. The van der Waals surface area contributed by atoms with Crippen molar-refractivity contribution in [1.29, 1.82) is 0 Å². The van der Waals surface area contributed by atoms with Crippen molar-refractivity contribution in [2.45, 2.75) is 32.6 Å². The average Bonchev–Trinajstić information content (AvgIpc) is 2.78. The number of hydrogen-bond donors (Lipinski definition) is 2. The molecule has 0 unspecified atom stereocenters. The van der Waals surface area contributed by atoms with Crippen LogP contribution in [0.2, 0.25) is 0 Å². The highest BCUT2D eigenvalue weighted by atomic mass is 16.4. The summed E-state index contributed by atoms with van der Waals surface area (Å²) in [6, 6.07) is 4.57. The fourth-order valence-corrected chi connectivity index (χ4v) is 2.27. The summed E-state index contributed by atoms with van der Waals surface area (Å²) in [5.41, 5.74) is -0.412. The highest BCUT2D eigenvalue weighted by molar-refractivity contribution is 5.95. The van der Waals surface area contributed by atoms with E-state index in [-0.39, 0.29) is 17.0 Å². The molecular formula is C13H16N2O3. The van der Waals surface area contributed by atoms with Gasteiger partial charge in [-0.15, -0.1) is 0 Å². The number of hydrogen-bond acceptors (Lipinski definition) is 3. The first-order valence-corrected chi connectivity index (χ1v) is 6.03. The van der Waals surface area contributed by atoms with Crippen LogP contribution in [-0.2, 0) is 4.79 Å². The lowest BCUT2D eigenvalue weighted by molar-refractivity contribution is -0.124. The number of pyridine rings is 1. The van der Waals surface area contributed by atoms with E-state index < -0.39 is 5.97 Å². The molecule has 5 nitrogen and oxygen atoms in total. The van der Waals surface area contributed by atoms with E-state index in [1.54, 1.807) is 12.1 Å². The van der Waals surface area contributed by atoms with Crippen LogP contribution >= 0.6 is 0 Å². The van der Waals surface area contributed by atoms with E-state index in [4.69, 9.17) is 5.11 Å². The van der Waals surface area contributed by atoms with Crippen molar-refractivity contribution in [2.75, 3.05) is 5.32 Å². The number of rotatable bonds is 3. The lowest BCUT2D eigenvalue weighted by Gasteiger charge is -2.21. The van der Waals surface area contributed by atoms with Gasteiger partial charge in [-0.1, -0.05) is 25.8 Å². The van der Waals surface area contributed by atoms with Crippen LogP contribution in [0.15, 0.2) is 18.2 Å². The molecule has 0 radical (unpaired) electrons. The van der Waals surface area contributed by atoms with Crippen molar-refractivity contribution in [1.82, 2.24) is 4.98 Å². The second-order valence-corrected chi connectivity index (χ2v) is 4.94. The number of amides is 1. The summed E-state index contributed by atoms with van der Waals surface area (Å²) in [4.78, 5) is 26.8. The largest absolute Gasteiger partial charge is 0.477 e. The van der Waals surface area contributed by atoms with Gasteiger partial charge >= 0.3 is 5.97 Å². The zero-order chi connectivity index (χ0) is 13.2. The molecule has 1 amide bonds. The van der Waals surface area contributed by atoms with Gasteiger partial charge in [0.25, 0.3) is 0 Å². The Morgan fingerprint density at radius 3 is 2.61 bits per heavy atom. The predicted molar refractivity (Wildman–Crippen MR) is 66.4 cm³/mol. The maximum Gasteiger partial charge on any atom is 0.354 e. The minimum Gasteiger partial charge on any atom is -0.477 e. The van der Waals surface area contributed by atoms with Crippen molar-refractivity contribution in [2.24, 2.45) is 5.41 Å². The van der Waals surface area contributed by atoms with E-state index in [0.29, 0.717) is 5.82 Å². The van der Waals surface area contributed by atoms with Gasteiger partial charge in [-0.05, 0) is 25.0 Å². The van der Waals surface area contributed by atoms with Gasteiger partial charge in [0.15, 0.2) is 5.69 Å². The molecule has 1 aliphatic carbocycles. The Kier molecular flexibility index (Phi) is 3.32. The van der Waals surface area contributed by atoms with Crippen molar-refractivity contribution in [3.63, 3.8) is 0 Å². The molecule has 0 aromatic carbocycles. The van der Waals surface area contributed by atoms with E-state index in [9.17, 15) is 9.59 Å². The summed E-state index contributed by atoms with van der Waals surface area (Å²) in [5, 5.41) is 11.5. The smallest absolute Gasteiger partial charge is 0.354 e. The van der Waals surface area contributed by atoms with Gasteiger partial charge in [-0.25, -0.2) is 9.78 Å². The number of carboxylic acid groups (broad SMARTS) is 1. The van der Waals surface area contributed by atoms with E-state index >= 15 is 0 Å². The molecule has 1 saturated carbocycles. The van der Waals surface area contributed by atoms with E-state index in [1.807, 2.05) is 6.92 Å². The minimum atomic E-state index is -1.10. The summed E-state index contributed by atoms with van der Waals surface area (Å²) in [7, 11) is 0. The second-order valence-electron chi connectivity index (χ2n) is 4.94. The molecule has 0 aliphatic heterocycles. The van der Waals surface area contributed by atoms with Crippen LogP contribution in [0.25, 0.3) is 0 Å². The Morgan fingerprint density at radius 1 is 1.33 bits per heavy atom. The molecule has 96 valence electrons. The Balaban J connectivity index is 2.11. The quantitative estimate of drug-likeness (QED) is 0.860. The van der Waals surface area contributed by atoms with Gasteiger partial charge in [0.05, 0.1) is 0 Å². The molecule has 5 heteroatoms. The molecule has 18 heavy (non-hydrogen) atoms.